The summed E-state index contributed by atoms with van der Waals surface area (Å²) in [7, 11) is -3.69. The van der Waals surface area contributed by atoms with Crippen molar-refractivity contribution in [2.24, 2.45) is 0 Å². The Hall–Kier alpha value is -2.13. The van der Waals surface area contributed by atoms with Gasteiger partial charge in [-0.15, -0.1) is 0 Å². The number of piperazine rings is 1. The Morgan fingerprint density at radius 1 is 1.25 bits per heavy atom. The van der Waals surface area contributed by atoms with Gasteiger partial charge in [0.05, 0.1) is 10.6 Å². The highest BCUT2D eigenvalue weighted by Gasteiger charge is 2.31. The Morgan fingerprint density at radius 3 is 2.54 bits per heavy atom. The second kappa shape index (κ2) is 6.06. The van der Waals surface area contributed by atoms with Crippen LogP contribution in [0.1, 0.15) is 13.8 Å². The van der Waals surface area contributed by atoms with Gasteiger partial charge in [0.15, 0.2) is 6.10 Å². The summed E-state index contributed by atoms with van der Waals surface area (Å²) in [6.45, 7) is 4.33. The van der Waals surface area contributed by atoms with Crippen LogP contribution in [0.15, 0.2) is 23.1 Å². The maximum Gasteiger partial charge on any atom is 0.265 e. The predicted octanol–water partition coefficient (Wildman–Crippen LogP) is 0.259. The number of fused-ring (bicyclic) bond motifs is 1. The van der Waals surface area contributed by atoms with Gasteiger partial charge in [-0.2, -0.15) is 4.31 Å². The molecule has 8 nitrogen and oxygen atoms in total. The van der Waals surface area contributed by atoms with Crippen molar-refractivity contribution in [3.05, 3.63) is 18.2 Å². The van der Waals surface area contributed by atoms with E-state index in [4.69, 9.17) is 4.74 Å². The van der Waals surface area contributed by atoms with Gasteiger partial charge < -0.3 is 15.0 Å². The van der Waals surface area contributed by atoms with Gasteiger partial charge in [0.1, 0.15) is 5.75 Å². The minimum Gasteiger partial charge on any atom is -0.479 e. The minimum absolute atomic E-state index is 0.0604. The average molecular weight is 353 g/mol. The van der Waals surface area contributed by atoms with Crippen molar-refractivity contribution in [1.29, 1.82) is 0 Å². The second-order valence-electron chi connectivity index (χ2n) is 5.82. The van der Waals surface area contributed by atoms with E-state index in [2.05, 4.69) is 5.32 Å². The second-order valence-corrected chi connectivity index (χ2v) is 7.76. The Morgan fingerprint density at radius 2 is 1.92 bits per heavy atom. The number of nitrogens with zero attached hydrogens (tertiary/aromatic N) is 2. The van der Waals surface area contributed by atoms with Crippen molar-refractivity contribution in [1.82, 2.24) is 9.21 Å². The molecule has 1 atom stereocenters. The maximum atomic E-state index is 12.8. The molecule has 0 spiro atoms. The molecule has 0 unspecified atom stereocenters. The van der Waals surface area contributed by atoms with E-state index >= 15 is 0 Å². The Labute approximate surface area is 140 Å². The predicted molar refractivity (Wildman–Crippen MR) is 86.2 cm³/mol. The van der Waals surface area contributed by atoms with Gasteiger partial charge in [-0.25, -0.2) is 8.42 Å². The number of ether oxygens (including phenoxy) is 1. The summed E-state index contributed by atoms with van der Waals surface area (Å²) >= 11 is 0. The Kier molecular flexibility index (Phi) is 4.22. The van der Waals surface area contributed by atoms with Crippen LogP contribution in [0.2, 0.25) is 0 Å². The van der Waals surface area contributed by atoms with E-state index in [-0.39, 0.29) is 29.8 Å². The van der Waals surface area contributed by atoms with Gasteiger partial charge in [0.2, 0.25) is 15.9 Å². The van der Waals surface area contributed by atoms with Crippen molar-refractivity contribution in [2.75, 3.05) is 31.5 Å². The van der Waals surface area contributed by atoms with Crippen LogP contribution in [0.25, 0.3) is 0 Å². The molecule has 3 rings (SSSR count). The molecule has 1 aromatic carbocycles. The Bertz CT molecular complexity index is 784. The van der Waals surface area contributed by atoms with Crippen LogP contribution in [0.4, 0.5) is 5.69 Å². The summed E-state index contributed by atoms with van der Waals surface area (Å²) < 4.78 is 32.3. The smallest absolute Gasteiger partial charge is 0.265 e. The van der Waals surface area contributed by atoms with Gasteiger partial charge in [-0.3, -0.25) is 9.59 Å². The highest BCUT2D eigenvalue weighted by molar-refractivity contribution is 7.89. The third kappa shape index (κ3) is 2.96. The molecule has 2 aliphatic rings. The van der Waals surface area contributed by atoms with E-state index in [1.807, 2.05) is 0 Å². The molecular formula is C15H19N3O5S. The van der Waals surface area contributed by atoms with Crippen LogP contribution in [-0.2, 0) is 19.6 Å². The first-order chi connectivity index (χ1) is 11.3. The topological polar surface area (TPSA) is 96.0 Å². The summed E-state index contributed by atoms with van der Waals surface area (Å²) in [5.41, 5.74) is 0.349. The van der Waals surface area contributed by atoms with E-state index in [9.17, 15) is 18.0 Å². The third-order valence-corrected chi connectivity index (χ3v) is 6.10. The molecule has 0 radical (unpaired) electrons. The van der Waals surface area contributed by atoms with Gasteiger partial charge in [0, 0.05) is 33.1 Å². The fourth-order valence-corrected chi connectivity index (χ4v) is 4.19. The molecule has 1 N–H and O–H groups in total. The van der Waals surface area contributed by atoms with E-state index in [0.29, 0.717) is 24.5 Å². The zero-order valence-electron chi connectivity index (χ0n) is 13.5. The quantitative estimate of drug-likeness (QED) is 0.823. The first-order valence-corrected chi connectivity index (χ1v) is 9.10. The van der Waals surface area contributed by atoms with Crippen LogP contribution in [0.3, 0.4) is 0 Å². The third-order valence-electron chi connectivity index (χ3n) is 4.20. The van der Waals surface area contributed by atoms with Crippen LogP contribution in [0, 0.1) is 0 Å². The summed E-state index contributed by atoms with van der Waals surface area (Å²) in [6.07, 6.45) is -0.611. The van der Waals surface area contributed by atoms with Crippen molar-refractivity contribution in [2.45, 2.75) is 24.8 Å². The van der Waals surface area contributed by atoms with E-state index < -0.39 is 16.1 Å². The molecule has 0 saturated carbocycles. The number of rotatable bonds is 2. The molecule has 1 aromatic rings. The van der Waals surface area contributed by atoms with Crippen molar-refractivity contribution >= 4 is 27.5 Å². The summed E-state index contributed by atoms with van der Waals surface area (Å²) in [5, 5.41) is 2.65. The molecule has 0 aromatic heterocycles. The normalized spacial score (nSPS) is 21.7. The van der Waals surface area contributed by atoms with Crippen molar-refractivity contribution in [3.8, 4) is 5.75 Å². The van der Waals surface area contributed by atoms with Crippen LogP contribution >= 0.6 is 0 Å². The van der Waals surface area contributed by atoms with Gasteiger partial charge in [-0.1, -0.05) is 0 Å². The zero-order valence-corrected chi connectivity index (χ0v) is 14.3. The number of sulfonamides is 1. The number of nitrogens with one attached hydrogen (secondary N) is 1. The summed E-state index contributed by atoms with van der Waals surface area (Å²) in [6, 6.07) is 4.42. The maximum absolute atomic E-state index is 12.8. The Balaban J connectivity index is 1.82. The summed E-state index contributed by atoms with van der Waals surface area (Å²) in [5.74, 6) is 0.0735. The zero-order chi connectivity index (χ0) is 17.5. The van der Waals surface area contributed by atoms with Crippen LogP contribution in [0.5, 0.6) is 5.75 Å². The molecule has 24 heavy (non-hydrogen) atoms. The molecule has 2 heterocycles. The fourth-order valence-electron chi connectivity index (χ4n) is 2.74. The highest BCUT2D eigenvalue weighted by Crippen LogP contribution is 2.32. The minimum atomic E-state index is -3.69. The largest absolute Gasteiger partial charge is 0.479 e. The number of carbonyl (C=O) groups excluding carboxylic acids is 2. The van der Waals surface area contributed by atoms with Gasteiger partial charge in [0.25, 0.3) is 5.91 Å². The number of hydrogen-bond acceptors (Lipinski definition) is 5. The lowest BCUT2D eigenvalue weighted by molar-refractivity contribution is -0.130. The van der Waals surface area contributed by atoms with Crippen molar-refractivity contribution < 1.29 is 22.7 Å². The van der Waals surface area contributed by atoms with Gasteiger partial charge in [-0.05, 0) is 25.1 Å². The highest BCUT2D eigenvalue weighted by atomic mass is 32.2. The molecule has 1 saturated heterocycles. The number of hydrogen-bond donors (Lipinski definition) is 1. The first kappa shape index (κ1) is 16.7. The van der Waals surface area contributed by atoms with Crippen molar-refractivity contribution in [3.63, 3.8) is 0 Å². The lowest BCUT2D eigenvalue weighted by Gasteiger charge is -2.33. The van der Waals surface area contributed by atoms with Gasteiger partial charge >= 0.3 is 0 Å². The number of benzene rings is 1. The molecule has 2 aliphatic heterocycles. The first-order valence-electron chi connectivity index (χ1n) is 7.66. The monoisotopic (exact) mass is 353 g/mol. The van der Waals surface area contributed by atoms with E-state index in [1.54, 1.807) is 17.9 Å². The molecule has 0 aliphatic carbocycles. The fraction of sp³-hybridized carbons (Fsp3) is 0.467. The summed E-state index contributed by atoms with van der Waals surface area (Å²) in [4.78, 5) is 24.7. The van der Waals surface area contributed by atoms with Crippen LogP contribution in [-0.4, -0.2) is 61.7 Å². The SMILES string of the molecule is CC(=O)N1CCN(S(=O)(=O)c2ccc3c(c2)NC(=O)[C@H](C)O3)CC1. The number of amides is 2. The molecule has 130 valence electrons. The molecule has 1 fully saturated rings. The lowest BCUT2D eigenvalue weighted by Crippen LogP contribution is -2.49. The molecular weight excluding hydrogens is 334 g/mol. The van der Waals surface area contributed by atoms with E-state index in [1.165, 1.54) is 23.4 Å². The molecule has 2 amide bonds. The number of anilines is 1. The lowest BCUT2D eigenvalue weighted by atomic mass is 10.2. The van der Waals surface area contributed by atoms with Crippen LogP contribution < -0.4 is 10.1 Å². The van der Waals surface area contributed by atoms with E-state index in [0.717, 1.165) is 0 Å². The number of carbonyl (C=O) groups is 2. The standard InChI is InChI=1S/C15H19N3O5S/c1-10-15(20)16-13-9-12(3-4-14(13)23-10)24(21,22)18-7-5-17(6-8-18)11(2)19/h3-4,9-10H,5-8H2,1-2H3,(H,16,20)/t10-/m0/s1. The average Bonchev–Trinajstić information content (AvgIpc) is 2.55. The molecule has 0 bridgehead atoms. The molecule has 9 heteroatoms.